The van der Waals surface area contributed by atoms with Gasteiger partial charge in [-0.25, -0.2) is 17.9 Å². The zero-order valence-corrected chi connectivity index (χ0v) is 9.34. The summed E-state index contributed by atoms with van der Waals surface area (Å²) < 4.78 is 44.6. The van der Waals surface area contributed by atoms with E-state index in [0.717, 1.165) is 16.8 Å². The van der Waals surface area contributed by atoms with Crippen molar-refractivity contribution in [2.75, 3.05) is 7.11 Å². The fraction of sp³-hybridized carbons (Fsp3) is 0.182. The molecule has 2 rings (SSSR count). The topological polar surface area (TPSA) is 47.0 Å². The van der Waals surface area contributed by atoms with Crippen LogP contribution in [0, 0.1) is 17.5 Å². The molecule has 96 valence electrons. The number of nitrogens with one attached hydrogen (secondary N) is 1. The second-order valence-electron chi connectivity index (χ2n) is 3.61. The van der Waals surface area contributed by atoms with E-state index in [1.807, 2.05) is 0 Å². The Hall–Kier alpha value is -2.02. The highest BCUT2D eigenvalue weighted by Crippen LogP contribution is 2.15. The number of hydrogen-bond donors (Lipinski definition) is 1. The number of ether oxygens (including phenoxy) is 1. The molecule has 1 N–H and O–H groups in total. The van der Waals surface area contributed by atoms with Crippen molar-refractivity contribution in [1.82, 2.24) is 9.78 Å². The molecule has 1 heterocycles. The summed E-state index contributed by atoms with van der Waals surface area (Å²) in [5, 5.41) is 2.60. The van der Waals surface area contributed by atoms with Crippen molar-refractivity contribution in [3.63, 3.8) is 0 Å². The highest BCUT2D eigenvalue weighted by Gasteiger charge is 2.13. The third-order valence-corrected chi connectivity index (χ3v) is 2.30. The Morgan fingerprint density at radius 1 is 1.22 bits per heavy atom. The summed E-state index contributed by atoms with van der Waals surface area (Å²) in [6.45, 7) is 0.147. The van der Waals surface area contributed by atoms with Gasteiger partial charge in [0.25, 0.3) is 5.56 Å². The van der Waals surface area contributed by atoms with Crippen LogP contribution >= 0.6 is 0 Å². The second-order valence-corrected chi connectivity index (χ2v) is 3.61. The van der Waals surface area contributed by atoms with Crippen LogP contribution in [-0.4, -0.2) is 16.9 Å². The maximum Gasteiger partial charge on any atom is 0.271 e. The van der Waals surface area contributed by atoms with Gasteiger partial charge in [0.15, 0.2) is 17.5 Å². The van der Waals surface area contributed by atoms with Gasteiger partial charge < -0.3 is 4.74 Å². The fourth-order valence-corrected chi connectivity index (χ4v) is 1.54. The summed E-state index contributed by atoms with van der Waals surface area (Å²) in [5.74, 6) is -4.30. The molecule has 0 radical (unpaired) electrons. The minimum absolute atomic E-state index is 0.126. The average molecular weight is 258 g/mol. The van der Waals surface area contributed by atoms with E-state index < -0.39 is 23.0 Å². The Bertz CT molecular complexity index is 610. The first-order valence-corrected chi connectivity index (χ1v) is 4.97. The maximum atomic E-state index is 13.0. The molecule has 0 amide bonds. The van der Waals surface area contributed by atoms with E-state index >= 15 is 0 Å². The van der Waals surface area contributed by atoms with Crippen molar-refractivity contribution in [2.45, 2.75) is 6.61 Å². The molecule has 0 spiro atoms. The standard InChI is InChI=1S/C11H9F3N2O2/c1-18-5-6-2-10(17)16(15-6)7-3-8(12)11(14)9(13)4-7/h2-4,15H,5H2,1H3. The number of aromatic nitrogens is 2. The van der Waals surface area contributed by atoms with Crippen LogP contribution in [0.5, 0.6) is 0 Å². The summed E-state index contributed by atoms with van der Waals surface area (Å²) in [6.07, 6.45) is 0. The number of H-pyrrole nitrogens is 1. The predicted molar refractivity (Wildman–Crippen MR) is 57.0 cm³/mol. The lowest BCUT2D eigenvalue weighted by atomic mass is 10.3. The first-order valence-electron chi connectivity index (χ1n) is 4.97. The molecule has 2 aromatic rings. The molecule has 4 nitrogen and oxygen atoms in total. The molecule has 7 heteroatoms. The molecule has 0 bridgehead atoms. The SMILES string of the molecule is COCc1cc(=O)n(-c2cc(F)c(F)c(F)c2)[nH]1. The van der Waals surface area contributed by atoms with Gasteiger partial charge in [0, 0.05) is 25.3 Å². The minimum atomic E-state index is -1.57. The molecular weight excluding hydrogens is 249 g/mol. The quantitative estimate of drug-likeness (QED) is 0.852. The van der Waals surface area contributed by atoms with Gasteiger partial charge in [0.2, 0.25) is 0 Å². The number of aromatic amines is 1. The van der Waals surface area contributed by atoms with Crippen molar-refractivity contribution in [2.24, 2.45) is 0 Å². The van der Waals surface area contributed by atoms with Crippen LogP contribution in [-0.2, 0) is 11.3 Å². The van der Waals surface area contributed by atoms with Gasteiger partial charge in [-0.1, -0.05) is 0 Å². The Morgan fingerprint density at radius 2 is 1.83 bits per heavy atom. The third-order valence-electron chi connectivity index (χ3n) is 2.30. The van der Waals surface area contributed by atoms with Gasteiger partial charge in [-0.2, -0.15) is 0 Å². The van der Waals surface area contributed by atoms with E-state index in [9.17, 15) is 18.0 Å². The van der Waals surface area contributed by atoms with Crippen LogP contribution < -0.4 is 5.56 Å². The molecule has 1 aromatic heterocycles. The fourth-order valence-electron chi connectivity index (χ4n) is 1.54. The summed E-state index contributed by atoms with van der Waals surface area (Å²) >= 11 is 0. The number of benzene rings is 1. The Labute approximate surface area is 99.6 Å². The van der Waals surface area contributed by atoms with Gasteiger partial charge in [-0.3, -0.25) is 9.89 Å². The number of rotatable bonds is 3. The van der Waals surface area contributed by atoms with E-state index in [2.05, 4.69) is 5.10 Å². The lowest BCUT2D eigenvalue weighted by molar-refractivity contribution is 0.181. The summed E-state index contributed by atoms with van der Waals surface area (Å²) in [4.78, 5) is 11.6. The van der Waals surface area contributed by atoms with E-state index in [1.54, 1.807) is 0 Å². The van der Waals surface area contributed by atoms with Crippen molar-refractivity contribution >= 4 is 0 Å². The normalized spacial score (nSPS) is 10.9. The summed E-state index contributed by atoms with van der Waals surface area (Å²) in [7, 11) is 1.44. The molecule has 0 aliphatic rings. The number of nitrogens with zero attached hydrogens (tertiary/aromatic N) is 1. The minimum Gasteiger partial charge on any atom is -0.378 e. The number of methoxy groups -OCH3 is 1. The van der Waals surface area contributed by atoms with Crippen LogP contribution in [0.25, 0.3) is 5.69 Å². The van der Waals surface area contributed by atoms with E-state index in [1.165, 1.54) is 13.2 Å². The highest BCUT2D eigenvalue weighted by molar-refractivity contribution is 5.33. The molecule has 0 fully saturated rings. The molecule has 0 atom stereocenters. The van der Waals surface area contributed by atoms with E-state index in [4.69, 9.17) is 4.74 Å². The predicted octanol–water partition coefficient (Wildman–Crippen LogP) is 1.73. The number of hydrogen-bond acceptors (Lipinski definition) is 2. The molecule has 0 saturated carbocycles. The largest absolute Gasteiger partial charge is 0.378 e. The first kappa shape index (κ1) is 12.4. The average Bonchev–Trinajstić information content (AvgIpc) is 2.67. The van der Waals surface area contributed by atoms with Gasteiger partial charge in [0.05, 0.1) is 18.0 Å². The van der Waals surface area contributed by atoms with Crippen LogP contribution in [0.1, 0.15) is 5.69 Å². The summed E-state index contributed by atoms with van der Waals surface area (Å²) in [6, 6.07) is 2.68. The lowest BCUT2D eigenvalue weighted by Gasteiger charge is -2.03. The molecule has 0 aliphatic heterocycles. The molecule has 18 heavy (non-hydrogen) atoms. The third kappa shape index (κ3) is 2.17. The van der Waals surface area contributed by atoms with Crippen LogP contribution in [0.15, 0.2) is 23.0 Å². The van der Waals surface area contributed by atoms with Crippen LogP contribution in [0.4, 0.5) is 13.2 Å². The molecule has 0 aliphatic carbocycles. The van der Waals surface area contributed by atoms with Gasteiger partial charge in [-0.15, -0.1) is 0 Å². The zero-order chi connectivity index (χ0) is 13.3. The van der Waals surface area contributed by atoms with E-state index in [-0.39, 0.29) is 12.3 Å². The first-order chi connectivity index (χ1) is 8.52. The maximum absolute atomic E-state index is 13.0. The summed E-state index contributed by atoms with van der Waals surface area (Å²) in [5.41, 5.74) is -0.209. The Kier molecular flexibility index (Phi) is 3.24. The van der Waals surface area contributed by atoms with Crippen molar-refractivity contribution < 1.29 is 17.9 Å². The van der Waals surface area contributed by atoms with Gasteiger partial charge in [0.1, 0.15) is 0 Å². The van der Waals surface area contributed by atoms with Gasteiger partial charge in [-0.05, 0) is 0 Å². The van der Waals surface area contributed by atoms with Crippen LogP contribution in [0.2, 0.25) is 0 Å². The second kappa shape index (κ2) is 4.69. The van der Waals surface area contributed by atoms with Gasteiger partial charge >= 0.3 is 0 Å². The van der Waals surface area contributed by atoms with Crippen molar-refractivity contribution in [1.29, 1.82) is 0 Å². The molecule has 0 unspecified atom stereocenters. The zero-order valence-electron chi connectivity index (χ0n) is 9.34. The monoisotopic (exact) mass is 258 g/mol. The lowest BCUT2D eigenvalue weighted by Crippen LogP contribution is -2.14. The van der Waals surface area contributed by atoms with Crippen LogP contribution in [0.3, 0.4) is 0 Å². The molecule has 0 saturated heterocycles. The smallest absolute Gasteiger partial charge is 0.271 e. The molecule has 1 aromatic carbocycles. The Balaban J connectivity index is 2.52. The number of halogens is 3. The van der Waals surface area contributed by atoms with E-state index in [0.29, 0.717) is 5.69 Å². The highest BCUT2D eigenvalue weighted by atomic mass is 19.2. The van der Waals surface area contributed by atoms with Crippen molar-refractivity contribution in [3.8, 4) is 5.69 Å². The Morgan fingerprint density at radius 3 is 2.39 bits per heavy atom. The molecular formula is C11H9F3N2O2. The van der Waals surface area contributed by atoms with Crippen molar-refractivity contribution in [3.05, 3.63) is 51.7 Å².